The lowest BCUT2D eigenvalue weighted by atomic mass is 9.93. The van der Waals surface area contributed by atoms with Crippen LogP contribution in [0, 0.1) is 50.2 Å². The van der Waals surface area contributed by atoms with Crippen LogP contribution in [0.3, 0.4) is 0 Å². The maximum atomic E-state index is 13.5. The minimum atomic E-state index is -1.13. The van der Waals surface area contributed by atoms with E-state index in [1.54, 1.807) is 20.8 Å². The number of nitrogens with one attached hydrogen (secondary N) is 2. The van der Waals surface area contributed by atoms with Crippen molar-refractivity contribution in [3.8, 4) is 24.7 Å². The van der Waals surface area contributed by atoms with Gasteiger partial charge in [-0.1, -0.05) is 25.7 Å². The zero-order valence-electron chi connectivity index (χ0n) is 18.9. The van der Waals surface area contributed by atoms with E-state index in [0.717, 1.165) is 12.1 Å². The quantitative estimate of drug-likeness (QED) is 0.363. The summed E-state index contributed by atoms with van der Waals surface area (Å²) in [6.07, 6.45) is 11.9. The van der Waals surface area contributed by atoms with Crippen molar-refractivity contribution in [1.82, 2.24) is 9.88 Å². The molecular formula is C25H25F2N3O3. The molecule has 33 heavy (non-hydrogen) atoms. The molecule has 0 saturated carbocycles. The number of amides is 2. The van der Waals surface area contributed by atoms with Crippen LogP contribution in [0.1, 0.15) is 58.8 Å². The average Bonchev–Trinajstić information content (AvgIpc) is 3.03. The number of halogens is 2. The van der Waals surface area contributed by atoms with Crippen LogP contribution in [-0.4, -0.2) is 27.7 Å². The first kappa shape index (κ1) is 25.4. The maximum Gasteiger partial charge on any atom is 0.293 e. The van der Waals surface area contributed by atoms with Gasteiger partial charge in [0.1, 0.15) is 11.2 Å². The van der Waals surface area contributed by atoms with Crippen LogP contribution in [0.2, 0.25) is 0 Å². The standard InChI is InChI=1S/C25H25F2N3O3/c1-7-13-30-16(6)20(22(31)24(33)29-25(8-2,9-3)10-4)15(5)21(30)23(32)28-17-11-12-18(26)19(27)14-17/h1-2,11-12,14H,9-10,13H2,3-6H3,(H,28,32)(H,29,33). The molecule has 0 bridgehead atoms. The molecule has 8 heteroatoms. The van der Waals surface area contributed by atoms with Crippen molar-refractivity contribution in [3.05, 3.63) is 52.3 Å². The topological polar surface area (TPSA) is 80.2 Å². The van der Waals surface area contributed by atoms with Gasteiger partial charge in [-0.3, -0.25) is 14.4 Å². The predicted octanol–water partition coefficient (Wildman–Crippen LogP) is 3.76. The fraction of sp³-hybridized carbons (Fsp3) is 0.320. The summed E-state index contributed by atoms with van der Waals surface area (Å²) < 4.78 is 28.2. The second-order valence-electron chi connectivity index (χ2n) is 7.52. The molecule has 0 aliphatic carbocycles. The molecule has 1 aromatic carbocycles. The van der Waals surface area contributed by atoms with E-state index >= 15 is 0 Å². The molecule has 6 nitrogen and oxygen atoms in total. The lowest BCUT2D eigenvalue weighted by molar-refractivity contribution is -0.118. The summed E-state index contributed by atoms with van der Waals surface area (Å²) in [5, 5.41) is 5.09. The van der Waals surface area contributed by atoms with Crippen molar-refractivity contribution in [2.45, 2.75) is 52.6 Å². The Labute approximate surface area is 191 Å². The van der Waals surface area contributed by atoms with Crippen molar-refractivity contribution in [3.63, 3.8) is 0 Å². The summed E-state index contributed by atoms with van der Waals surface area (Å²) in [7, 11) is 0. The van der Waals surface area contributed by atoms with E-state index in [9.17, 15) is 23.2 Å². The highest BCUT2D eigenvalue weighted by molar-refractivity contribution is 6.44. The van der Waals surface area contributed by atoms with Crippen LogP contribution >= 0.6 is 0 Å². The molecule has 1 heterocycles. The van der Waals surface area contributed by atoms with E-state index in [1.807, 2.05) is 0 Å². The van der Waals surface area contributed by atoms with Crippen LogP contribution in [0.15, 0.2) is 18.2 Å². The molecule has 0 fully saturated rings. The van der Waals surface area contributed by atoms with E-state index in [2.05, 4.69) is 22.5 Å². The highest BCUT2D eigenvalue weighted by Gasteiger charge is 2.33. The number of carbonyl (C=O) groups excluding carboxylic acids is 3. The number of hydrogen-bond acceptors (Lipinski definition) is 3. The summed E-state index contributed by atoms with van der Waals surface area (Å²) in [6.45, 7) is 6.62. The van der Waals surface area contributed by atoms with Gasteiger partial charge in [0.05, 0.1) is 12.1 Å². The fourth-order valence-corrected chi connectivity index (χ4v) is 3.63. The summed E-state index contributed by atoms with van der Waals surface area (Å²) >= 11 is 0. The lowest BCUT2D eigenvalue weighted by Gasteiger charge is -2.26. The van der Waals surface area contributed by atoms with Crippen LogP contribution in [0.25, 0.3) is 0 Å². The maximum absolute atomic E-state index is 13.5. The average molecular weight is 453 g/mol. The van der Waals surface area contributed by atoms with Gasteiger partial charge in [-0.25, -0.2) is 8.78 Å². The molecule has 172 valence electrons. The van der Waals surface area contributed by atoms with E-state index in [-0.39, 0.29) is 29.1 Å². The number of aromatic nitrogens is 1. The summed E-state index contributed by atoms with van der Waals surface area (Å²) in [5.74, 6) is 0.308. The Morgan fingerprint density at radius 2 is 1.73 bits per heavy atom. The summed E-state index contributed by atoms with van der Waals surface area (Å²) in [4.78, 5) is 38.8. The van der Waals surface area contributed by atoms with E-state index in [4.69, 9.17) is 12.8 Å². The van der Waals surface area contributed by atoms with Crippen LogP contribution in [0.4, 0.5) is 14.5 Å². The highest BCUT2D eigenvalue weighted by Crippen LogP contribution is 2.25. The number of anilines is 1. The van der Waals surface area contributed by atoms with Gasteiger partial charge in [-0.2, -0.15) is 0 Å². The van der Waals surface area contributed by atoms with Crippen LogP contribution < -0.4 is 10.6 Å². The minimum absolute atomic E-state index is 0.0136. The number of ketones is 1. The number of benzene rings is 1. The van der Waals surface area contributed by atoms with E-state index in [0.29, 0.717) is 18.5 Å². The van der Waals surface area contributed by atoms with Crippen molar-refractivity contribution in [1.29, 1.82) is 0 Å². The second kappa shape index (κ2) is 10.1. The Hall–Kier alpha value is -3.91. The number of hydrogen-bond donors (Lipinski definition) is 2. The third-order valence-corrected chi connectivity index (χ3v) is 5.68. The predicted molar refractivity (Wildman–Crippen MR) is 122 cm³/mol. The molecule has 2 N–H and O–H groups in total. The largest absolute Gasteiger partial charge is 0.333 e. The van der Waals surface area contributed by atoms with Gasteiger partial charge in [0, 0.05) is 17.4 Å². The van der Waals surface area contributed by atoms with Gasteiger partial charge in [0.25, 0.3) is 17.6 Å². The molecule has 0 atom stereocenters. The van der Waals surface area contributed by atoms with E-state index < -0.39 is 34.8 Å². The van der Waals surface area contributed by atoms with Gasteiger partial charge in [-0.05, 0) is 44.4 Å². The lowest BCUT2D eigenvalue weighted by Crippen LogP contribution is -2.49. The third-order valence-electron chi connectivity index (χ3n) is 5.68. The van der Waals surface area contributed by atoms with E-state index in [1.165, 1.54) is 17.6 Å². The minimum Gasteiger partial charge on any atom is -0.333 e. The molecular weight excluding hydrogens is 428 g/mol. The monoisotopic (exact) mass is 453 g/mol. The molecule has 2 rings (SSSR count). The summed E-state index contributed by atoms with van der Waals surface area (Å²) in [6, 6.07) is 2.90. The second-order valence-corrected chi connectivity index (χ2v) is 7.52. The van der Waals surface area contributed by atoms with Crippen LogP contribution in [0.5, 0.6) is 0 Å². The number of rotatable bonds is 8. The Kier molecular flexibility index (Phi) is 7.79. The van der Waals surface area contributed by atoms with Crippen molar-refractivity contribution in [2.24, 2.45) is 0 Å². The Balaban J connectivity index is 2.49. The van der Waals surface area contributed by atoms with Gasteiger partial charge < -0.3 is 15.2 Å². The zero-order chi connectivity index (χ0) is 24.9. The number of carbonyl (C=O) groups is 3. The zero-order valence-corrected chi connectivity index (χ0v) is 18.9. The fourth-order valence-electron chi connectivity index (χ4n) is 3.63. The smallest absolute Gasteiger partial charge is 0.293 e. The first-order valence-electron chi connectivity index (χ1n) is 10.3. The molecule has 2 aromatic rings. The molecule has 1 aromatic heterocycles. The Morgan fingerprint density at radius 3 is 2.24 bits per heavy atom. The number of terminal acetylenes is 2. The van der Waals surface area contributed by atoms with Crippen LogP contribution in [-0.2, 0) is 11.3 Å². The van der Waals surface area contributed by atoms with Crippen molar-refractivity contribution in [2.75, 3.05) is 5.32 Å². The van der Waals surface area contributed by atoms with Crippen molar-refractivity contribution >= 4 is 23.3 Å². The molecule has 2 amide bonds. The SMILES string of the molecule is C#CCn1c(C)c(C(=O)C(=O)NC(C#C)(CC)CC)c(C)c1C(=O)Nc1ccc(F)c(F)c1. The molecule has 0 radical (unpaired) electrons. The molecule has 0 spiro atoms. The van der Waals surface area contributed by atoms with Gasteiger partial charge in [-0.15, -0.1) is 12.8 Å². The molecule has 0 aliphatic heterocycles. The Bertz CT molecular complexity index is 1190. The Morgan fingerprint density at radius 1 is 1.09 bits per heavy atom. The highest BCUT2D eigenvalue weighted by atomic mass is 19.2. The van der Waals surface area contributed by atoms with Crippen molar-refractivity contribution < 1.29 is 23.2 Å². The molecule has 0 saturated heterocycles. The molecule has 0 aliphatic rings. The van der Waals surface area contributed by atoms with Gasteiger partial charge >= 0.3 is 0 Å². The number of Topliss-reactive ketones (excluding diaryl/α,β-unsaturated/α-hetero) is 1. The summed E-state index contributed by atoms with van der Waals surface area (Å²) in [5.41, 5.74) is -0.359. The normalized spacial score (nSPS) is 10.8. The molecule has 0 unspecified atom stereocenters. The third kappa shape index (κ3) is 4.96. The van der Waals surface area contributed by atoms with Gasteiger partial charge in [0.2, 0.25) is 0 Å². The number of nitrogens with zero attached hydrogens (tertiary/aromatic N) is 1. The van der Waals surface area contributed by atoms with Gasteiger partial charge in [0.15, 0.2) is 11.6 Å². The first-order chi connectivity index (χ1) is 15.6. The first-order valence-corrected chi connectivity index (χ1v) is 10.3.